The molecule has 0 N–H and O–H groups in total. The molecule has 0 spiro atoms. The fourth-order valence-corrected chi connectivity index (χ4v) is 13.2. The van der Waals surface area contributed by atoms with Crippen LogP contribution in [0, 0.1) is 0 Å². The second kappa shape index (κ2) is 16.5. The maximum absolute atomic E-state index is 6.58. The Bertz CT molecular complexity index is 4260. The van der Waals surface area contributed by atoms with E-state index in [4.69, 9.17) is 4.42 Å². The van der Waals surface area contributed by atoms with Crippen LogP contribution in [0.5, 0.6) is 0 Å². The fraction of sp³-hybridized carbons (Fsp3) is 0.0278. The van der Waals surface area contributed by atoms with Crippen LogP contribution in [0.3, 0.4) is 0 Å². The van der Waals surface area contributed by atoms with Crippen molar-refractivity contribution in [2.45, 2.75) is 10.8 Å². The van der Waals surface area contributed by atoms with Crippen LogP contribution in [0.25, 0.3) is 66.1 Å². The summed E-state index contributed by atoms with van der Waals surface area (Å²) in [5, 5.41) is 4.64. The largest absolute Gasteiger partial charge is 0.455 e. The molecule has 1 aromatic heterocycles. The van der Waals surface area contributed by atoms with E-state index in [1.165, 1.54) is 77.5 Å². The zero-order chi connectivity index (χ0) is 48.8. The van der Waals surface area contributed by atoms with Crippen LogP contribution in [0.2, 0.25) is 0 Å². The second-order valence-corrected chi connectivity index (χ2v) is 19.8. The molecule has 0 amide bonds. The molecular weight excluding hydrogens is 895 g/mol. The van der Waals surface area contributed by atoms with Gasteiger partial charge in [-0.05, 0) is 114 Å². The highest BCUT2D eigenvalue weighted by atomic mass is 16.3. The van der Waals surface area contributed by atoms with Gasteiger partial charge in [-0.25, -0.2) is 0 Å². The minimum absolute atomic E-state index is 0.557. The summed E-state index contributed by atoms with van der Waals surface area (Å²) in [5.74, 6) is 0. The lowest BCUT2D eigenvalue weighted by molar-refractivity contribution is 0.670. The molecule has 0 saturated carbocycles. The van der Waals surface area contributed by atoms with Crippen LogP contribution in [0.15, 0.2) is 290 Å². The first kappa shape index (κ1) is 42.2. The summed E-state index contributed by atoms with van der Waals surface area (Å²) in [6, 6.07) is 106. The molecule has 0 fully saturated rings. The van der Waals surface area contributed by atoms with E-state index in [9.17, 15) is 0 Å². The van der Waals surface area contributed by atoms with Crippen LogP contribution >= 0.6 is 0 Å². The molecule has 13 aromatic rings. The van der Waals surface area contributed by atoms with Crippen LogP contribution in [0.1, 0.15) is 44.5 Å². The predicted octanol–water partition coefficient (Wildman–Crippen LogP) is 18.6. The number of hydrogen-bond acceptors (Lipinski definition) is 2. The number of benzene rings is 12. The van der Waals surface area contributed by atoms with Crippen LogP contribution in [-0.2, 0) is 10.8 Å². The number of furan rings is 1. The Morgan fingerprint density at radius 2 is 0.716 bits per heavy atom. The quantitative estimate of drug-likeness (QED) is 0.151. The molecule has 74 heavy (non-hydrogen) atoms. The Morgan fingerprint density at radius 3 is 1.31 bits per heavy atom. The molecule has 2 heteroatoms. The van der Waals surface area contributed by atoms with Gasteiger partial charge in [-0.3, -0.25) is 0 Å². The van der Waals surface area contributed by atoms with Gasteiger partial charge in [0.2, 0.25) is 0 Å². The summed E-state index contributed by atoms with van der Waals surface area (Å²) in [5.41, 5.74) is 21.1. The molecule has 0 saturated heterocycles. The van der Waals surface area contributed by atoms with Crippen molar-refractivity contribution in [2.75, 3.05) is 4.90 Å². The van der Waals surface area contributed by atoms with E-state index in [2.05, 4.69) is 284 Å². The van der Waals surface area contributed by atoms with Gasteiger partial charge in [0.15, 0.2) is 0 Å². The van der Waals surface area contributed by atoms with E-state index in [1.807, 2.05) is 6.07 Å². The van der Waals surface area contributed by atoms with Crippen LogP contribution in [0.4, 0.5) is 17.1 Å². The number of rotatable bonds is 8. The van der Waals surface area contributed by atoms with E-state index in [1.54, 1.807) is 0 Å². The van der Waals surface area contributed by atoms with Gasteiger partial charge in [0.05, 0.1) is 16.5 Å². The van der Waals surface area contributed by atoms with Gasteiger partial charge in [0.25, 0.3) is 0 Å². The molecular formula is C72H47NO. The van der Waals surface area contributed by atoms with E-state index < -0.39 is 10.8 Å². The van der Waals surface area contributed by atoms with Crippen molar-refractivity contribution in [2.24, 2.45) is 0 Å². The molecule has 12 aromatic carbocycles. The van der Waals surface area contributed by atoms with Crippen molar-refractivity contribution in [3.63, 3.8) is 0 Å². The number of hydrogen-bond donors (Lipinski definition) is 0. The lowest BCUT2D eigenvalue weighted by Crippen LogP contribution is -2.29. The van der Waals surface area contributed by atoms with Crippen molar-refractivity contribution in [1.82, 2.24) is 0 Å². The predicted molar refractivity (Wildman–Crippen MR) is 306 cm³/mol. The molecule has 0 bridgehead atoms. The highest BCUT2D eigenvalue weighted by Crippen LogP contribution is 2.60. The first-order valence-electron chi connectivity index (χ1n) is 25.7. The van der Waals surface area contributed by atoms with Crippen molar-refractivity contribution in [3.8, 4) is 33.4 Å². The molecule has 0 aliphatic heterocycles. The molecule has 0 radical (unpaired) electrons. The number of para-hydroxylation sites is 2. The fourth-order valence-electron chi connectivity index (χ4n) is 13.2. The van der Waals surface area contributed by atoms with E-state index in [-0.39, 0.29) is 0 Å². The van der Waals surface area contributed by atoms with Gasteiger partial charge in [0.1, 0.15) is 11.2 Å². The average molecular weight is 942 g/mol. The maximum Gasteiger partial charge on any atom is 0.143 e. The Balaban J connectivity index is 0.976. The smallest absolute Gasteiger partial charge is 0.143 e. The molecule has 2 aliphatic rings. The van der Waals surface area contributed by atoms with E-state index in [0.29, 0.717) is 0 Å². The highest BCUT2D eigenvalue weighted by molar-refractivity contribution is 6.09. The van der Waals surface area contributed by atoms with Crippen molar-refractivity contribution < 1.29 is 4.42 Å². The van der Waals surface area contributed by atoms with Crippen molar-refractivity contribution in [3.05, 3.63) is 330 Å². The summed E-state index contributed by atoms with van der Waals surface area (Å²) in [6.45, 7) is 0. The Labute approximate surface area is 430 Å². The normalized spacial score (nSPS) is 14.9. The average Bonchev–Trinajstić information content (AvgIpc) is 4.19. The van der Waals surface area contributed by atoms with Gasteiger partial charge in [-0.15, -0.1) is 0 Å². The first-order chi connectivity index (χ1) is 36.7. The van der Waals surface area contributed by atoms with Gasteiger partial charge in [0, 0.05) is 33.1 Å². The summed E-state index contributed by atoms with van der Waals surface area (Å²) < 4.78 is 6.58. The lowest BCUT2D eigenvalue weighted by Gasteiger charge is -2.36. The van der Waals surface area contributed by atoms with Gasteiger partial charge >= 0.3 is 0 Å². The monoisotopic (exact) mass is 941 g/mol. The zero-order valence-corrected chi connectivity index (χ0v) is 40.5. The molecule has 1 unspecified atom stereocenters. The first-order valence-corrected chi connectivity index (χ1v) is 25.7. The number of nitrogens with zero attached hydrogens (tertiary/aromatic N) is 1. The lowest BCUT2D eigenvalue weighted by atomic mass is 9.67. The Morgan fingerprint density at radius 1 is 0.284 bits per heavy atom. The molecule has 1 atom stereocenters. The van der Waals surface area contributed by atoms with Gasteiger partial charge in [-0.2, -0.15) is 0 Å². The highest BCUT2D eigenvalue weighted by Gasteiger charge is 2.48. The van der Waals surface area contributed by atoms with Gasteiger partial charge < -0.3 is 9.32 Å². The summed E-state index contributed by atoms with van der Waals surface area (Å²) in [4.78, 5) is 2.52. The van der Waals surface area contributed by atoms with Crippen LogP contribution in [-0.4, -0.2) is 0 Å². The van der Waals surface area contributed by atoms with Crippen molar-refractivity contribution in [1.29, 1.82) is 0 Å². The zero-order valence-electron chi connectivity index (χ0n) is 40.5. The number of anilines is 3. The molecule has 2 nitrogen and oxygen atoms in total. The van der Waals surface area contributed by atoms with E-state index in [0.717, 1.165) is 50.1 Å². The van der Waals surface area contributed by atoms with Crippen LogP contribution < -0.4 is 4.90 Å². The summed E-state index contributed by atoms with van der Waals surface area (Å²) >= 11 is 0. The standard InChI is InChI=1S/C72H47NO/c1-4-22-50(23-5-1)71(51-24-6-2-7-25-51)64-34-15-12-29-58(64)60-44-42-54(46-66(60)71)73(68-36-18-21-48-20-10-11-28-56(48)68)55-43-45-61-59-30-13-16-35-65(59)72(67(61)47-55,52-26-8-3-9-27-52)53-40-38-49(39-41-53)57-32-19-33-63-62-31-14-17-37-69(62)74-70(57)63/h1-47H. The Hall–Kier alpha value is -9.50. The van der Waals surface area contributed by atoms with Gasteiger partial charge in [-0.1, -0.05) is 249 Å². The minimum atomic E-state index is -0.646. The molecule has 346 valence electrons. The SMILES string of the molecule is c1ccc(C2(c3ccccc3)c3ccccc3-c3ccc(N(c4ccc5c(c4)C(c4ccccc4)(c4ccc(-c6cccc7c6oc6ccccc67)cc4)c4ccccc4-5)c4cccc5ccccc45)cc32)cc1. The molecule has 1 heterocycles. The van der Waals surface area contributed by atoms with E-state index >= 15 is 0 Å². The summed E-state index contributed by atoms with van der Waals surface area (Å²) in [7, 11) is 0. The third-order valence-corrected chi connectivity index (χ3v) is 16.2. The topological polar surface area (TPSA) is 16.4 Å². The summed E-state index contributed by atoms with van der Waals surface area (Å²) in [6.07, 6.45) is 0. The minimum Gasteiger partial charge on any atom is -0.455 e. The maximum atomic E-state index is 6.58. The van der Waals surface area contributed by atoms with Crippen molar-refractivity contribution >= 4 is 49.8 Å². The number of fused-ring (bicyclic) bond motifs is 10. The second-order valence-electron chi connectivity index (χ2n) is 19.8. The Kier molecular flexibility index (Phi) is 9.43. The third-order valence-electron chi connectivity index (χ3n) is 16.2. The molecule has 2 aliphatic carbocycles. The third kappa shape index (κ3) is 6.00. The molecule has 15 rings (SSSR count).